The summed E-state index contributed by atoms with van der Waals surface area (Å²) in [5.74, 6) is 0.172. The van der Waals surface area contributed by atoms with Gasteiger partial charge in [-0.3, -0.25) is 4.79 Å². The molecular formula is C26H26ClN5O. The van der Waals surface area contributed by atoms with E-state index < -0.39 is 0 Å². The zero-order chi connectivity index (χ0) is 22.8. The average Bonchev–Trinajstić information content (AvgIpc) is 3.43. The molecule has 0 saturated carbocycles. The molecule has 2 heterocycles. The van der Waals surface area contributed by atoms with Crippen LogP contribution in [-0.2, 0) is 24.3 Å². The minimum atomic E-state index is -0.187. The van der Waals surface area contributed by atoms with Gasteiger partial charge in [0.25, 0.3) is 0 Å². The number of amides is 1. The summed E-state index contributed by atoms with van der Waals surface area (Å²) in [4.78, 5) is 19.6. The van der Waals surface area contributed by atoms with E-state index in [4.69, 9.17) is 16.9 Å². The Kier molecular flexibility index (Phi) is 6.17. The number of likely N-dealkylation sites (tertiary alicyclic amines) is 1. The Balaban J connectivity index is 1.23. The van der Waals surface area contributed by atoms with Crippen LogP contribution in [0.25, 0.3) is 0 Å². The monoisotopic (exact) mass is 459 g/mol. The lowest BCUT2D eigenvalue weighted by molar-refractivity contribution is -0.131. The number of carbonyl (C=O) groups is 1. The first-order chi connectivity index (χ1) is 16.1. The number of halogens is 1. The van der Waals surface area contributed by atoms with Crippen molar-refractivity contribution in [1.82, 2.24) is 19.8 Å². The van der Waals surface area contributed by atoms with Crippen LogP contribution in [-0.4, -0.2) is 32.9 Å². The molecule has 0 radical (unpaired) electrons. The van der Waals surface area contributed by atoms with Gasteiger partial charge in [-0.25, -0.2) is 4.98 Å². The van der Waals surface area contributed by atoms with Crippen molar-refractivity contribution in [3.63, 3.8) is 0 Å². The van der Waals surface area contributed by atoms with E-state index in [9.17, 15) is 4.79 Å². The minimum Gasteiger partial charge on any atom is -0.334 e. The van der Waals surface area contributed by atoms with Gasteiger partial charge in [0.1, 0.15) is 0 Å². The maximum Gasteiger partial charge on any atom is 0.240 e. The van der Waals surface area contributed by atoms with Crippen molar-refractivity contribution in [2.75, 3.05) is 6.54 Å². The van der Waals surface area contributed by atoms with Crippen molar-refractivity contribution in [3.05, 3.63) is 88.0 Å². The highest BCUT2D eigenvalue weighted by Gasteiger charge is 2.37. The summed E-state index contributed by atoms with van der Waals surface area (Å²) in [5, 5.41) is 13.2. The summed E-state index contributed by atoms with van der Waals surface area (Å²) in [7, 11) is 0. The average molecular weight is 460 g/mol. The lowest BCUT2D eigenvalue weighted by Crippen LogP contribution is -2.40. The van der Waals surface area contributed by atoms with Crippen LogP contribution in [0.3, 0.4) is 0 Å². The van der Waals surface area contributed by atoms with Gasteiger partial charge in [0.2, 0.25) is 5.91 Å². The third kappa shape index (κ3) is 4.52. The van der Waals surface area contributed by atoms with Crippen molar-refractivity contribution < 1.29 is 4.79 Å². The van der Waals surface area contributed by atoms with Crippen molar-refractivity contribution in [3.8, 4) is 6.07 Å². The number of rotatable bonds is 6. The van der Waals surface area contributed by atoms with Crippen LogP contribution in [0, 0.1) is 11.3 Å². The Labute approximate surface area is 198 Å². The van der Waals surface area contributed by atoms with Crippen molar-refractivity contribution in [2.24, 2.45) is 0 Å². The van der Waals surface area contributed by atoms with Gasteiger partial charge in [0, 0.05) is 30.9 Å². The topological polar surface area (TPSA) is 74.0 Å². The fraction of sp³-hybridized carbons (Fsp3) is 0.346. The molecule has 2 aromatic carbocycles. The molecule has 1 amide bonds. The lowest BCUT2D eigenvalue weighted by Gasteiger charge is -2.33. The summed E-state index contributed by atoms with van der Waals surface area (Å²) in [6, 6.07) is 15.7. The summed E-state index contributed by atoms with van der Waals surface area (Å²) in [6.07, 6.45) is 7.58. The molecule has 7 heteroatoms. The van der Waals surface area contributed by atoms with Gasteiger partial charge in [0.15, 0.2) is 0 Å². The fourth-order valence-electron chi connectivity index (χ4n) is 5.02. The number of imidazole rings is 1. The van der Waals surface area contributed by atoms with Crippen molar-refractivity contribution >= 4 is 17.5 Å². The molecule has 2 aliphatic rings. The van der Waals surface area contributed by atoms with Crippen molar-refractivity contribution in [2.45, 2.75) is 50.9 Å². The molecule has 1 saturated heterocycles. The van der Waals surface area contributed by atoms with Crippen LogP contribution in [0.2, 0.25) is 5.02 Å². The number of hydrogen-bond acceptors (Lipinski definition) is 4. The maximum absolute atomic E-state index is 13.3. The zero-order valence-corrected chi connectivity index (χ0v) is 19.1. The van der Waals surface area contributed by atoms with Gasteiger partial charge in [-0.05, 0) is 66.6 Å². The molecule has 1 fully saturated rings. The van der Waals surface area contributed by atoms with Gasteiger partial charge in [-0.15, -0.1) is 0 Å². The number of nitrogens with one attached hydrogen (secondary N) is 1. The van der Waals surface area contributed by atoms with Gasteiger partial charge >= 0.3 is 0 Å². The molecule has 1 N–H and O–H groups in total. The van der Waals surface area contributed by atoms with E-state index in [0.29, 0.717) is 18.7 Å². The number of hydrogen-bond donors (Lipinski definition) is 1. The molecule has 1 unspecified atom stereocenters. The second kappa shape index (κ2) is 9.38. The first-order valence-electron chi connectivity index (χ1n) is 11.4. The normalized spacial score (nSPS) is 20.0. The molecule has 33 heavy (non-hydrogen) atoms. The predicted molar refractivity (Wildman–Crippen MR) is 127 cm³/mol. The molecule has 1 aliphatic heterocycles. The highest BCUT2D eigenvalue weighted by molar-refractivity contribution is 6.30. The Morgan fingerprint density at radius 1 is 1.18 bits per heavy atom. The van der Waals surface area contributed by atoms with E-state index in [0.717, 1.165) is 48.5 Å². The Hall–Kier alpha value is -3.14. The van der Waals surface area contributed by atoms with Crippen molar-refractivity contribution in [1.29, 1.82) is 5.26 Å². The smallest absolute Gasteiger partial charge is 0.240 e. The number of aryl methyl sites for hydroxylation is 1. The Morgan fingerprint density at radius 3 is 2.85 bits per heavy atom. The number of aromatic nitrogens is 2. The summed E-state index contributed by atoms with van der Waals surface area (Å²) >= 11 is 6.27. The summed E-state index contributed by atoms with van der Waals surface area (Å²) in [5.41, 5.74) is 5.31. The molecule has 6 nitrogen and oxygen atoms in total. The standard InChI is InChI=1S/C26H26ClN5O/c27-21-9-8-20-2-1-3-25(23(20)12-21)32-11-10-24(26(32)33)30-15-22-14-29-17-31(22)16-19-6-4-18(13-28)5-7-19/h4-9,12,14,17,24-25,30H,1-3,10-11,15-16H2/t24?,25-/m1/s1. The number of fused-ring (bicyclic) bond motifs is 1. The van der Waals surface area contributed by atoms with E-state index in [-0.39, 0.29) is 18.0 Å². The fourth-order valence-corrected chi connectivity index (χ4v) is 5.20. The second-order valence-corrected chi connectivity index (χ2v) is 9.26. The molecule has 5 rings (SSSR count). The third-order valence-corrected chi connectivity index (χ3v) is 7.01. The second-order valence-electron chi connectivity index (χ2n) is 8.83. The molecule has 0 spiro atoms. The van der Waals surface area contributed by atoms with E-state index in [1.807, 2.05) is 47.5 Å². The highest BCUT2D eigenvalue weighted by atomic mass is 35.5. The van der Waals surface area contributed by atoms with Crippen LogP contribution < -0.4 is 5.32 Å². The number of carbonyl (C=O) groups excluding carboxylic acids is 1. The Bertz CT molecular complexity index is 1200. The summed E-state index contributed by atoms with van der Waals surface area (Å²) in [6.45, 7) is 2.01. The van der Waals surface area contributed by atoms with Crippen LogP contribution >= 0.6 is 11.6 Å². The molecule has 0 bridgehead atoms. The number of nitriles is 1. The third-order valence-electron chi connectivity index (χ3n) is 6.77. The Morgan fingerprint density at radius 2 is 2.03 bits per heavy atom. The number of nitrogens with zero attached hydrogens (tertiary/aromatic N) is 4. The molecule has 168 valence electrons. The molecule has 3 aromatic rings. The molecule has 1 aliphatic carbocycles. The summed E-state index contributed by atoms with van der Waals surface area (Å²) < 4.78 is 2.07. The molecule has 2 atom stereocenters. The van der Waals surface area contributed by atoms with Crippen LogP contribution in [0.5, 0.6) is 0 Å². The van der Waals surface area contributed by atoms with Gasteiger partial charge < -0.3 is 14.8 Å². The maximum atomic E-state index is 13.3. The first-order valence-corrected chi connectivity index (χ1v) is 11.8. The van der Waals surface area contributed by atoms with Gasteiger partial charge in [-0.2, -0.15) is 5.26 Å². The van der Waals surface area contributed by atoms with Crippen LogP contribution in [0.4, 0.5) is 0 Å². The van der Waals surface area contributed by atoms with E-state index in [1.165, 1.54) is 11.1 Å². The zero-order valence-electron chi connectivity index (χ0n) is 18.4. The number of benzene rings is 2. The van der Waals surface area contributed by atoms with E-state index in [2.05, 4.69) is 27.0 Å². The SMILES string of the molecule is N#Cc1ccc(Cn2cncc2CNC2CCN([C@@H]3CCCc4ccc(Cl)cc43)C2=O)cc1. The van der Waals surface area contributed by atoms with Gasteiger partial charge in [0.05, 0.1) is 35.7 Å². The predicted octanol–water partition coefficient (Wildman–Crippen LogP) is 4.22. The molecule has 1 aromatic heterocycles. The van der Waals surface area contributed by atoms with E-state index in [1.54, 1.807) is 6.33 Å². The quantitative estimate of drug-likeness (QED) is 0.598. The van der Waals surface area contributed by atoms with Crippen LogP contribution in [0.1, 0.15) is 53.3 Å². The van der Waals surface area contributed by atoms with E-state index >= 15 is 0 Å². The first kappa shape index (κ1) is 21.7. The largest absolute Gasteiger partial charge is 0.334 e. The minimum absolute atomic E-state index is 0.119. The lowest BCUT2D eigenvalue weighted by atomic mass is 9.87. The highest BCUT2D eigenvalue weighted by Crippen LogP contribution is 2.37. The van der Waals surface area contributed by atoms with Crippen LogP contribution in [0.15, 0.2) is 55.0 Å². The molecular weight excluding hydrogens is 434 g/mol. The van der Waals surface area contributed by atoms with Gasteiger partial charge in [-0.1, -0.05) is 29.8 Å².